The lowest BCUT2D eigenvalue weighted by molar-refractivity contribution is 0.0950. The number of amides is 1. The van der Waals surface area contributed by atoms with Crippen LogP contribution in [0.15, 0.2) is 85.1 Å². The maximum Gasteiger partial charge on any atom is 0.253 e. The highest BCUT2D eigenvalue weighted by Crippen LogP contribution is 2.32. The van der Waals surface area contributed by atoms with Gasteiger partial charge in [0.15, 0.2) is 0 Å². The highest BCUT2D eigenvalue weighted by molar-refractivity contribution is 5.96. The van der Waals surface area contributed by atoms with Crippen LogP contribution in [0.3, 0.4) is 0 Å². The highest BCUT2D eigenvalue weighted by Gasteiger charge is 2.14. The number of benzene rings is 3. The zero-order valence-corrected chi connectivity index (χ0v) is 18.1. The monoisotopic (exact) mass is 423 g/mol. The summed E-state index contributed by atoms with van der Waals surface area (Å²) in [7, 11) is 1.64. The van der Waals surface area contributed by atoms with Crippen LogP contribution in [-0.2, 0) is 6.54 Å². The van der Waals surface area contributed by atoms with E-state index in [0.717, 1.165) is 39.3 Å². The minimum atomic E-state index is -0.181. The summed E-state index contributed by atoms with van der Waals surface area (Å²) in [6, 6.07) is 25.3. The minimum absolute atomic E-state index is 0.181. The van der Waals surface area contributed by atoms with Gasteiger partial charge in [-0.05, 0) is 54.4 Å². The van der Waals surface area contributed by atoms with Crippen molar-refractivity contribution < 1.29 is 9.53 Å². The van der Waals surface area contributed by atoms with Crippen molar-refractivity contribution in [2.45, 2.75) is 13.5 Å². The van der Waals surface area contributed by atoms with E-state index in [1.54, 1.807) is 13.3 Å². The molecule has 32 heavy (non-hydrogen) atoms. The Morgan fingerprint density at radius 1 is 0.969 bits per heavy atom. The van der Waals surface area contributed by atoms with Crippen molar-refractivity contribution in [3.8, 4) is 28.1 Å². The second-order valence-corrected chi connectivity index (χ2v) is 7.64. The number of hydrogen-bond donors (Lipinski definition) is 2. The Morgan fingerprint density at radius 3 is 2.41 bits per heavy atom. The van der Waals surface area contributed by atoms with E-state index in [1.165, 1.54) is 0 Å². The molecule has 0 spiro atoms. The van der Waals surface area contributed by atoms with Crippen molar-refractivity contribution in [3.63, 3.8) is 0 Å². The second kappa shape index (κ2) is 9.35. The average molecular weight is 424 g/mol. The van der Waals surface area contributed by atoms with Gasteiger partial charge in [-0.15, -0.1) is 0 Å². The molecule has 0 atom stereocenters. The minimum Gasteiger partial charge on any atom is -0.497 e. The van der Waals surface area contributed by atoms with E-state index < -0.39 is 0 Å². The summed E-state index contributed by atoms with van der Waals surface area (Å²) in [4.78, 5) is 17.6. The van der Waals surface area contributed by atoms with E-state index in [-0.39, 0.29) is 5.91 Å². The predicted molar refractivity (Wildman–Crippen MR) is 128 cm³/mol. The molecule has 0 saturated carbocycles. The molecule has 5 heteroatoms. The van der Waals surface area contributed by atoms with Gasteiger partial charge in [-0.1, -0.05) is 48.0 Å². The topological polar surface area (TPSA) is 77.2 Å². The summed E-state index contributed by atoms with van der Waals surface area (Å²) in [6.07, 6.45) is 1.63. The van der Waals surface area contributed by atoms with E-state index in [1.807, 2.05) is 66.7 Å². The third kappa shape index (κ3) is 4.78. The van der Waals surface area contributed by atoms with Crippen LogP contribution in [0.25, 0.3) is 22.4 Å². The summed E-state index contributed by atoms with van der Waals surface area (Å²) in [5.74, 6) is 0.594. The first kappa shape index (κ1) is 21.1. The molecule has 5 nitrogen and oxygen atoms in total. The number of carbonyl (C=O) groups excluding carboxylic acids is 1. The van der Waals surface area contributed by atoms with E-state index >= 15 is 0 Å². The number of methoxy groups -OCH3 is 1. The van der Waals surface area contributed by atoms with Gasteiger partial charge in [0.25, 0.3) is 5.91 Å². The standard InChI is InChI=1S/C27H25N3O2/c1-18-4-3-5-21(14-18)26-25(20-8-12-24(32-2)13-9-20)15-22(17-29-26)27(31)30-16-19-6-10-23(28)11-7-19/h3-15,17H,16,28H2,1-2H3,(H,30,31). The number of aryl methyl sites for hydroxylation is 1. The zero-order chi connectivity index (χ0) is 22.5. The van der Waals surface area contributed by atoms with Crippen molar-refractivity contribution in [2.75, 3.05) is 12.8 Å². The molecule has 4 rings (SSSR count). The van der Waals surface area contributed by atoms with Crippen LogP contribution >= 0.6 is 0 Å². The molecule has 0 aliphatic rings. The number of nitrogens with zero attached hydrogens (tertiary/aromatic N) is 1. The molecule has 3 aromatic carbocycles. The number of rotatable bonds is 6. The summed E-state index contributed by atoms with van der Waals surface area (Å²) in [6.45, 7) is 2.46. The maximum atomic E-state index is 12.9. The first-order valence-electron chi connectivity index (χ1n) is 10.4. The lowest BCUT2D eigenvalue weighted by Gasteiger charge is -2.13. The maximum absolute atomic E-state index is 12.9. The number of nitrogens with one attached hydrogen (secondary N) is 1. The summed E-state index contributed by atoms with van der Waals surface area (Å²) in [5.41, 5.74) is 12.7. The molecule has 1 amide bonds. The molecule has 0 unspecified atom stereocenters. The number of nitrogens with two attached hydrogens (primary N) is 1. The Hall–Kier alpha value is -4.12. The fourth-order valence-corrected chi connectivity index (χ4v) is 3.52. The van der Waals surface area contributed by atoms with Crippen molar-refractivity contribution in [1.29, 1.82) is 0 Å². The van der Waals surface area contributed by atoms with Crippen molar-refractivity contribution >= 4 is 11.6 Å². The van der Waals surface area contributed by atoms with Crippen molar-refractivity contribution in [3.05, 3.63) is 102 Å². The zero-order valence-electron chi connectivity index (χ0n) is 18.1. The van der Waals surface area contributed by atoms with Crippen LogP contribution in [0, 0.1) is 6.92 Å². The van der Waals surface area contributed by atoms with Crippen LogP contribution in [-0.4, -0.2) is 18.0 Å². The SMILES string of the molecule is COc1ccc(-c2cc(C(=O)NCc3ccc(N)cc3)cnc2-c2cccc(C)c2)cc1. The highest BCUT2D eigenvalue weighted by atomic mass is 16.5. The van der Waals surface area contributed by atoms with Gasteiger partial charge in [-0.3, -0.25) is 9.78 Å². The molecule has 0 aliphatic heterocycles. The third-order valence-electron chi connectivity index (χ3n) is 5.28. The third-order valence-corrected chi connectivity index (χ3v) is 5.28. The fourth-order valence-electron chi connectivity index (χ4n) is 3.52. The second-order valence-electron chi connectivity index (χ2n) is 7.64. The Balaban J connectivity index is 1.68. The number of pyridine rings is 1. The van der Waals surface area contributed by atoms with E-state index in [0.29, 0.717) is 17.8 Å². The van der Waals surface area contributed by atoms with Gasteiger partial charge < -0.3 is 15.8 Å². The van der Waals surface area contributed by atoms with Gasteiger partial charge >= 0.3 is 0 Å². The molecular formula is C27H25N3O2. The lowest BCUT2D eigenvalue weighted by Crippen LogP contribution is -2.23. The number of anilines is 1. The molecule has 0 radical (unpaired) electrons. The molecular weight excluding hydrogens is 398 g/mol. The fraction of sp³-hybridized carbons (Fsp3) is 0.111. The largest absolute Gasteiger partial charge is 0.497 e. The first-order chi connectivity index (χ1) is 15.5. The molecule has 0 fully saturated rings. The van der Waals surface area contributed by atoms with E-state index in [2.05, 4.69) is 29.4 Å². The van der Waals surface area contributed by atoms with Gasteiger partial charge in [0, 0.05) is 29.6 Å². The molecule has 1 aromatic heterocycles. The van der Waals surface area contributed by atoms with Crippen LogP contribution in [0.5, 0.6) is 5.75 Å². The number of aromatic nitrogens is 1. The predicted octanol–water partition coefficient (Wildman–Crippen LogP) is 5.24. The van der Waals surface area contributed by atoms with Crippen LogP contribution in [0.2, 0.25) is 0 Å². The Labute approximate surface area is 187 Å². The van der Waals surface area contributed by atoms with Crippen molar-refractivity contribution in [2.24, 2.45) is 0 Å². The lowest BCUT2D eigenvalue weighted by atomic mass is 9.97. The summed E-state index contributed by atoms with van der Waals surface area (Å²) < 4.78 is 5.29. The summed E-state index contributed by atoms with van der Waals surface area (Å²) in [5, 5.41) is 2.96. The molecule has 160 valence electrons. The molecule has 0 saturated heterocycles. The molecule has 1 heterocycles. The molecule has 3 N–H and O–H groups in total. The normalized spacial score (nSPS) is 10.6. The number of nitrogen functional groups attached to an aromatic ring is 1. The van der Waals surface area contributed by atoms with Crippen LogP contribution in [0.4, 0.5) is 5.69 Å². The first-order valence-corrected chi connectivity index (χ1v) is 10.4. The number of carbonyl (C=O) groups is 1. The quantitative estimate of drug-likeness (QED) is 0.416. The van der Waals surface area contributed by atoms with Gasteiger partial charge in [0.05, 0.1) is 18.4 Å². The Morgan fingerprint density at radius 2 is 1.72 bits per heavy atom. The van der Waals surface area contributed by atoms with Crippen LogP contribution < -0.4 is 15.8 Å². The average Bonchev–Trinajstić information content (AvgIpc) is 2.83. The van der Waals surface area contributed by atoms with Gasteiger partial charge in [0.1, 0.15) is 5.75 Å². The van der Waals surface area contributed by atoms with Gasteiger partial charge in [0.2, 0.25) is 0 Å². The van der Waals surface area contributed by atoms with Crippen LogP contribution in [0.1, 0.15) is 21.5 Å². The van der Waals surface area contributed by atoms with E-state index in [4.69, 9.17) is 10.5 Å². The van der Waals surface area contributed by atoms with Crippen molar-refractivity contribution in [1.82, 2.24) is 10.3 Å². The summed E-state index contributed by atoms with van der Waals surface area (Å²) >= 11 is 0. The number of hydrogen-bond acceptors (Lipinski definition) is 4. The Bertz CT molecular complexity index is 1230. The smallest absolute Gasteiger partial charge is 0.253 e. The molecule has 0 aliphatic carbocycles. The number of ether oxygens (including phenoxy) is 1. The van der Waals surface area contributed by atoms with E-state index in [9.17, 15) is 4.79 Å². The molecule has 0 bridgehead atoms. The molecule has 4 aromatic rings. The van der Waals surface area contributed by atoms with Gasteiger partial charge in [-0.25, -0.2) is 0 Å². The Kier molecular flexibility index (Phi) is 6.17. The van der Waals surface area contributed by atoms with Gasteiger partial charge in [-0.2, -0.15) is 0 Å².